The fourth-order valence-corrected chi connectivity index (χ4v) is 2.04. The molecule has 3 nitrogen and oxygen atoms in total. The maximum Gasteiger partial charge on any atom is 0.144 e. The number of nitrogens with zero attached hydrogens (tertiary/aromatic N) is 1. The lowest BCUT2D eigenvalue weighted by Crippen LogP contribution is -1.95. The normalized spacial score (nSPS) is 10.4. The Balaban J connectivity index is 2.64. The van der Waals surface area contributed by atoms with Gasteiger partial charge in [0, 0.05) is 11.3 Å². The summed E-state index contributed by atoms with van der Waals surface area (Å²) in [4.78, 5) is 4.22. The van der Waals surface area contributed by atoms with E-state index < -0.39 is 0 Å². The number of pyridine rings is 1. The second kappa shape index (κ2) is 5.19. The van der Waals surface area contributed by atoms with Crippen molar-refractivity contribution in [2.45, 2.75) is 20.5 Å². The highest BCUT2D eigenvalue weighted by Crippen LogP contribution is 2.32. The molecule has 1 heterocycles. The zero-order chi connectivity index (χ0) is 13.1. The standard InChI is InChI=1S/C15H17NO2/c1-10-4-5-13(12(6-10)9-17)14-7-11(2)16-8-15(14)18-3/h4-8,17H,9H2,1-3H3. The molecule has 0 aliphatic heterocycles. The number of methoxy groups -OCH3 is 1. The molecule has 18 heavy (non-hydrogen) atoms. The summed E-state index contributed by atoms with van der Waals surface area (Å²) in [5.41, 5.74) is 4.92. The molecule has 1 aromatic heterocycles. The average Bonchev–Trinajstić information content (AvgIpc) is 2.38. The van der Waals surface area contributed by atoms with Crippen LogP contribution < -0.4 is 4.74 Å². The molecule has 94 valence electrons. The maximum absolute atomic E-state index is 9.48. The second-order valence-corrected chi connectivity index (χ2v) is 4.34. The lowest BCUT2D eigenvalue weighted by Gasteiger charge is -2.13. The van der Waals surface area contributed by atoms with E-state index in [-0.39, 0.29) is 6.61 Å². The summed E-state index contributed by atoms with van der Waals surface area (Å²) in [6.45, 7) is 3.97. The van der Waals surface area contributed by atoms with Crippen LogP contribution >= 0.6 is 0 Å². The smallest absolute Gasteiger partial charge is 0.144 e. The molecule has 1 N–H and O–H groups in total. The van der Waals surface area contributed by atoms with Crippen LogP contribution in [0.25, 0.3) is 11.1 Å². The first kappa shape index (κ1) is 12.6. The van der Waals surface area contributed by atoms with Crippen molar-refractivity contribution in [1.82, 2.24) is 4.98 Å². The Bertz CT molecular complexity index is 564. The summed E-state index contributed by atoms with van der Waals surface area (Å²) in [6, 6.07) is 8.01. The molecule has 1 aromatic carbocycles. The van der Waals surface area contributed by atoms with Gasteiger partial charge in [0.25, 0.3) is 0 Å². The molecular weight excluding hydrogens is 226 g/mol. The summed E-state index contributed by atoms with van der Waals surface area (Å²) < 4.78 is 5.34. The van der Waals surface area contributed by atoms with Gasteiger partial charge in [-0.3, -0.25) is 4.98 Å². The summed E-state index contributed by atoms with van der Waals surface area (Å²) in [5.74, 6) is 0.721. The molecule has 0 saturated heterocycles. The van der Waals surface area contributed by atoms with Crippen LogP contribution in [0.5, 0.6) is 5.75 Å². The lowest BCUT2D eigenvalue weighted by atomic mass is 9.98. The minimum Gasteiger partial charge on any atom is -0.494 e. The summed E-state index contributed by atoms with van der Waals surface area (Å²) in [7, 11) is 1.63. The fourth-order valence-electron chi connectivity index (χ4n) is 2.04. The van der Waals surface area contributed by atoms with Crippen LogP contribution in [-0.2, 0) is 6.61 Å². The minimum atomic E-state index is 0.0154. The number of hydrogen-bond acceptors (Lipinski definition) is 3. The van der Waals surface area contributed by atoms with Gasteiger partial charge < -0.3 is 9.84 Å². The highest BCUT2D eigenvalue weighted by atomic mass is 16.5. The number of benzene rings is 1. The van der Waals surface area contributed by atoms with Crippen LogP contribution in [0.4, 0.5) is 0 Å². The second-order valence-electron chi connectivity index (χ2n) is 4.34. The van der Waals surface area contributed by atoms with E-state index in [2.05, 4.69) is 4.98 Å². The Kier molecular flexibility index (Phi) is 3.63. The molecular formula is C15H17NO2. The first-order valence-corrected chi connectivity index (χ1v) is 5.87. The van der Waals surface area contributed by atoms with Crippen molar-refractivity contribution in [3.63, 3.8) is 0 Å². The van der Waals surface area contributed by atoms with Crippen LogP contribution in [0.1, 0.15) is 16.8 Å². The molecule has 0 bridgehead atoms. The number of ether oxygens (including phenoxy) is 1. The predicted octanol–water partition coefficient (Wildman–Crippen LogP) is 2.87. The Hall–Kier alpha value is -1.87. The van der Waals surface area contributed by atoms with Gasteiger partial charge in [-0.05, 0) is 31.0 Å². The van der Waals surface area contributed by atoms with Crippen molar-refractivity contribution in [3.05, 3.63) is 47.3 Å². The van der Waals surface area contributed by atoms with E-state index in [1.54, 1.807) is 13.3 Å². The molecule has 0 unspecified atom stereocenters. The first-order valence-electron chi connectivity index (χ1n) is 5.87. The molecule has 2 rings (SSSR count). The number of rotatable bonds is 3. The van der Waals surface area contributed by atoms with Gasteiger partial charge in [-0.25, -0.2) is 0 Å². The number of hydrogen-bond donors (Lipinski definition) is 1. The summed E-state index contributed by atoms with van der Waals surface area (Å²) in [5, 5.41) is 9.48. The Morgan fingerprint density at radius 3 is 2.61 bits per heavy atom. The molecule has 0 radical (unpaired) electrons. The minimum absolute atomic E-state index is 0.0154. The van der Waals surface area contributed by atoms with E-state index in [1.807, 2.05) is 38.1 Å². The SMILES string of the molecule is COc1cnc(C)cc1-c1ccc(C)cc1CO. The van der Waals surface area contributed by atoms with Gasteiger partial charge in [0.15, 0.2) is 0 Å². The fraction of sp³-hybridized carbons (Fsp3) is 0.267. The Morgan fingerprint density at radius 1 is 1.17 bits per heavy atom. The van der Waals surface area contributed by atoms with E-state index in [0.29, 0.717) is 0 Å². The largest absolute Gasteiger partial charge is 0.494 e. The number of aliphatic hydroxyl groups is 1. The zero-order valence-corrected chi connectivity index (χ0v) is 10.9. The van der Waals surface area contributed by atoms with Crippen molar-refractivity contribution in [2.24, 2.45) is 0 Å². The Labute approximate surface area is 107 Å². The van der Waals surface area contributed by atoms with E-state index >= 15 is 0 Å². The Morgan fingerprint density at radius 2 is 1.94 bits per heavy atom. The van der Waals surface area contributed by atoms with Crippen LogP contribution in [0.15, 0.2) is 30.5 Å². The van der Waals surface area contributed by atoms with Crippen molar-refractivity contribution < 1.29 is 9.84 Å². The van der Waals surface area contributed by atoms with Gasteiger partial charge in [-0.1, -0.05) is 23.8 Å². The molecule has 0 aliphatic carbocycles. The molecule has 0 saturated carbocycles. The van der Waals surface area contributed by atoms with E-state index in [9.17, 15) is 5.11 Å². The molecule has 0 atom stereocenters. The van der Waals surface area contributed by atoms with Gasteiger partial charge in [0.1, 0.15) is 5.75 Å². The van der Waals surface area contributed by atoms with Crippen molar-refractivity contribution in [2.75, 3.05) is 7.11 Å². The van der Waals surface area contributed by atoms with Crippen LogP contribution in [-0.4, -0.2) is 17.2 Å². The monoisotopic (exact) mass is 243 g/mol. The zero-order valence-electron chi connectivity index (χ0n) is 10.9. The third-order valence-electron chi connectivity index (χ3n) is 2.95. The van der Waals surface area contributed by atoms with Gasteiger partial charge in [0.05, 0.1) is 19.9 Å². The van der Waals surface area contributed by atoms with Gasteiger partial charge in [0.2, 0.25) is 0 Å². The lowest BCUT2D eigenvalue weighted by molar-refractivity contribution is 0.282. The van der Waals surface area contributed by atoms with Crippen LogP contribution in [0, 0.1) is 13.8 Å². The molecule has 0 spiro atoms. The highest BCUT2D eigenvalue weighted by Gasteiger charge is 2.11. The predicted molar refractivity (Wildman–Crippen MR) is 71.6 cm³/mol. The number of aliphatic hydroxyl groups excluding tert-OH is 1. The topological polar surface area (TPSA) is 42.4 Å². The van der Waals surface area contributed by atoms with Gasteiger partial charge >= 0.3 is 0 Å². The molecule has 2 aromatic rings. The summed E-state index contributed by atoms with van der Waals surface area (Å²) >= 11 is 0. The molecule has 3 heteroatoms. The summed E-state index contributed by atoms with van der Waals surface area (Å²) in [6.07, 6.45) is 1.71. The van der Waals surface area contributed by atoms with Crippen LogP contribution in [0.3, 0.4) is 0 Å². The first-order chi connectivity index (χ1) is 8.65. The maximum atomic E-state index is 9.48. The van der Waals surface area contributed by atoms with Crippen LogP contribution in [0.2, 0.25) is 0 Å². The third-order valence-corrected chi connectivity index (χ3v) is 2.95. The van der Waals surface area contributed by atoms with E-state index in [4.69, 9.17) is 4.74 Å². The van der Waals surface area contributed by atoms with E-state index in [0.717, 1.165) is 33.7 Å². The number of aromatic nitrogens is 1. The van der Waals surface area contributed by atoms with Gasteiger partial charge in [-0.2, -0.15) is 0 Å². The van der Waals surface area contributed by atoms with Crippen molar-refractivity contribution in [1.29, 1.82) is 0 Å². The molecule has 0 aliphatic rings. The van der Waals surface area contributed by atoms with Crippen molar-refractivity contribution >= 4 is 0 Å². The van der Waals surface area contributed by atoms with E-state index in [1.165, 1.54) is 0 Å². The average molecular weight is 243 g/mol. The molecule has 0 fully saturated rings. The third kappa shape index (κ3) is 2.36. The van der Waals surface area contributed by atoms with Crippen molar-refractivity contribution in [3.8, 4) is 16.9 Å². The highest BCUT2D eigenvalue weighted by molar-refractivity contribution is 5.73. The number of aryl methyl sites for hydroxylation is 2. The van der Waals surface area contributed by atoms with Gasteiger partial charge in [-0.15, -0.1) is 0 Å². The quantitative estimate of drug-likeness (QED) is 0.901. The molecule has 0 amide bonds.